The number of imidazole rings is 1. The van der Waals surface area contributed by atoms with Crippen molar-refractivity contribution in [3.05, 3.63) is 24.0 Å². The highest BCUT2D eigenvalue weighted by Crippen LogP contribution is 2.21. The molecular formula is C14H21N3O2. The van der Waals surface area contributed by atoms with E-state index in [2.05, 4.69) is 27.9 Å². The fraction of sp³-hybridized carbons (Fsp3) is 0.500. The molecule has 0 aliphatic carbocycles. The van der Waals surface area contributed by atoms with E-state index in [9.17, 15) is 0 Å². The second-order valence-electron chi connectivity index (χ2n) is 4.30. The molecule has 1 aromatic heterocycles. The first-order valence-electron chi connectivity index (χ1n) is 6.53. The summed E-state index contributed by atoms with van der Waals surface area (Å²) in [5.74, 6) is 1.88. The van der Waals surface area contributed by atoms with Gasteiger partial charge >= 0.3 is 0 Å². The van der Waals surface area contributed by atoms with E-state index < -0.39 is 0 Å². The number of nitrogens with one attached hydrogen (secondary N) is 1. The van der Waals surface area contributed by atoms with Crippen LogP contribution in [0.5, 0.6) is 5.75 Å². The Bertz CT molecular complexity index is 537. The number of hydrogen-bond acceptors (Lipinski definition) is 4. The number of fused-ring (bicyclic) bond motifs is 1. The van der Waals surface area contributed by atoms with E-state index in [1.54, 1.807) is 14.2 Å². The van der Waals surface area contributed by atoms with Crippen molar-refractivity contribution in [1.29, 1.82) is 0 Å². The summed E-state index contributed by atoms with van der Waals surface area (Å²) >= 11 is 0. The van der Waals surface area contributed by atoms with E-state index in [0.717, 1.165) is 42.2 Å². The normalized spacial score (nSPS) is 11.1. The van der Waals surface area contributed by atoms with Crippen LogP contribution in [-0.2, 0) is 17.8 Å². The third kappa shape index (κ3) is 3.05. The molecule has 0 fully saturated rings. The molecule has 1 heterocycles. The van der Waals surface area contributed by atoms with E-state index in [1.807, 2.05) is 12.1 Å². The average molecular weight is 263 g/mol. The van der Waals surface area contributed by atoms with Crippen LogP contribution in [0.1, 0.15) is 12.7 Å². The van der Waals surface area contributed by atoms with Crippen LogP contribution in [-0.4, -0.2) is 36.9 Å². The van der Waals surface area contributed by atoms with Gasteiger partial charge in [-0.2, -0.15) is 0 Å². The predicted octanol–water partition coefficient (Wildman–Crippen LogP) is 1.80. The van der Waals surface area contributed by atoms with Crippen LogP contribution < -0.4 is 10.1 Å². The van der Waals surface area contributed by atoms with Gasteiger partial charge in [0.05, 0.1) is 31.3 Å². The molecule has 104 valence electrons. The molecule has 0 bridgehead atoms. The minimum atomic E-state index is 0.709. The summed E-state index contributed by atoms with van der Waals surface area (Å²) in [6, 6.07) is 6.00. The van der Waals surface area contributed by atoms with Crippen molar-refractivity contribution < 1.29 is 9.47 Å². The number of methoxy groups -OCH3 is 2. The van der Waals surface area contributed by atoms with Gasteiger partial charge in [-0.1, -0.05) is 0 Å². The van der Waals surface area contributed by atoms with Crippen LogP contribution in [0.3, 0.4) is 0 Å². The van der Waals surface area contributed by atoms with Gasteiger partial charge in [0.25, 0.3) is 0 Å². The van der Waals surface area contributed by atoms with Crippen molar-refractivity contribution in [1.82, 2.24) is 14.9 Å². The molecule has 0 aliphatic rings. The molecule has 5 nitrogen and oxygen atoms in total. The molecule has 0 atom stereocenters. The predicted molar refractivity (Wildman–Crippen MR) is 75.5 cm³/mol. The number of aromatic nitrogens is 2. The second-order valence-corrected chi connectivity index (χ2v) is 4.30. The summed E-state index contributed by atoms with van der Waals surface area (Å²) in [6.07, 6.45) is 0. The first-order chi connectivity index (χ1) is 9.30. The summed E-state index contributed by atoms with van der Waals surface area (Å²) in [6.45, 7) is 5.31. The van der Waals surface area contributed by atoms with Crippen LogP contribution in [0.25, 0.3) is 11.0 Å². The van der Waals surface area contributed by atoms with Crippen LogP contribution in [0.15, 0.2) is 18.2 Å². The lowest BCUT2D eigenvalue weighted by Gasteiger charge is -2.07. The van der Waals surface area contributed by atoms with Gasteiger partial charge in [-0.3, -0.25) is 0 Å². The molecular weight excluding hydrogens is 242 g/mol. The van der Waals surface area contributed by atoms with Crippen LogP contribution >= 0.6 is 0 Å². The summed E-state index contributed by atoms with van der Waals surface area (Å²) < 4.78 is 12.5. The first kappa shape index (κ1) is 13.8. The highest BCUT2D eigenvalue weighted by Gasteiger charge is 2.09. The molecule has 0 amide bonds. The van der Waals surface area contributed by atoms with Crippen molar-refractivity contribution in [2.24, 2.45) is 0 Å². The molecule has 0 spiro atoms. The van der Waals surface area contributed by atoms with Gasteiger partial charge in [-0.25, -0.2) is 4.98 Å². The Kier molecular flexibility index (Phi) is 4.76. The van der Waals surface area contributed by atoms with Gasteiger partial charge in [0.1, 0.15) is 11.6 Å². The molecule has 5 heteroatoms. The number of nitrogens with zero attached hydrogens (tertiary/aromatic N) is 2. The summed E-state index contributed by atoms with van der Waals surface area (Å²) in [5, 5.41) is 3.33. The first-order valence-corrected chi connectivity index (χ1v) is 6.53. The summed E-state index contributed by atoms with van der Waals surface area (Å²) in [4.78, 5) is 4.67. The zero-order chi connectivity index (χ0) is 13.7. The number of ether oxygens (including phenoxy) is 2. The maximum Gasteiger partial charge on any atom is 0.123 e. The number of hydrogen-bond donors (Lipinski definition) is 1. The Hall–Kier alpha value is -1.59. The lowest BCUT2D eigenvalue weighted by molar-refractivity contribution is 0.199. The van der Waals surface area contributed by atoms with Gasteiger partial charge in [-0.15, -0.1) is 0 Å². The standard InChI is InChI=1S/C14H21N3O2/c1-4-17-13-6-5-11(19-3)9-12(13)16-14(17)10-15-7-8-18-2/h5-6,9,15H,4,7-8,10H2,1-3H3. The van der Waals surface area contributed by atoms with Crippen molar-refractivity contribution in [2.75, 3.05) is 27.4 Å². The fourth-order valence-electron chi connectivity index (χ4n) is 2.15. The summed E-state index contributed by atoms with van der Waals surface area (Å²) in [7, 11) is 3.38. The molecule has 0 saturated carbocycles. The zero-order valence-electron chi connectivity index (χ0n) is 11.8. The third-order valence-corrected chi connectivity index (χ3v) is 3.12. The topological polar surface area (TPSA) is 48.3 Å². The van der Waals surface area contributed by atoms with Crippen LogP contribution in [0.2, 0.25) is 0 Å². The van der Waals surface area contributed by atoms with Crippen molar-refractivity contribution in [3.8, 4) is 5.75 Å². The van der Waals surface area contributed by atoms with E-state index in [-0.39, 0.29) is 0 Å². The molecule has 1 N–H and O–H groups in total. The van der Waals surface area contributed by atoms with Gasteiger partial charge < -0.3 is 19.4 Å². The number of benzene rings is 1. The smallest absolute Gasteiger partial charge is 0.123 e. The minimum Gasteiger partial charge on any atom is -0.497 e. The van der Waals surface area contributed by atoms with Gasteiger partial charge in [0, 0.05) is 26.3 Å². The average Bonchev–Trinajstić information content (AvgIpc) is 2.79. The Balaban J connectivity index is 2.22. The van der Waals surface area contributed by atoms with Crippen molar-refractivity contribution in [2.45, 2.75) is 20.0 Å². The largest absolute Gasteiger partial charge is 0.497 e. The Labute approximate surface area is 113 Å². The quantitative estimate of drug-likeness (QED) is 0.774. The second kappa shape index (κ2) is 6.54. The molecule has 0 saturated heterocycles. The van der Waals surface area contributed by atoms with E-state index >= 15 is 0 Å². The van der Waals surface area contributed by atoms with Crippen LogP contribution in [0.4, 0.5) is 0 Å². The molecule has 2 rings (SSSR count). The Morgan fingerprint density at radius 2 is 2.16 bits per heavy atom. The minimum absolute atomic E-state index is 0.709. The van der Waals surface area contributed by atoms with E-state index in [4.69, 9.17) is 9.47 Å². The fourth-order valence-corrected chi connectivity index (χ4v) is 2.15. The monoisotopic (exact) mass is 263 g/mol. The molecule has 0 radical (unpaired) electrons. The molecule has 0 aliphatic heterocycles. The van der Waals surface area contributed by atoms with Gasteiger partial charge in [0.15, 0.2) is 0 Å². The highest BCUT2D eigenvalue weighted by atomic mass is 16.5. The van der Waals surface area contributed by atoms with E-state index in [1.165, 1.54) is 0 Å². The number of aryl methyl sites for hydroxylation is 1. The molecule has 0 unspecified atom stereocenters. The Morgan fingerprint density at radius 1 is 1.32 bits per heavy atom. The maximum absolute atomic E-state index is 5.24. The van der Waals surface area contributed by atoms with E-state index in [0.29, 0.717) is 6.61 Å². The molecule has 2 aromatic rings. The summed E-state index contributed by atoms with van der Waals surface area (Å²) in [5.41, 5.74) is 2.12. The van der Waals surface area contributed by atoms with Crippen LogP contribution in [0, 0.1) is 0 Å². The molecule has 1 aromatic carbocycles. The van der Waals surface area contributed by atoms with Crippen molar-refractivity contribution >= 4 is 11.0 Å². The molecule has 19 heavy (non-hydrogen) atoms. The lowest BCUT2D eigenvalue weighted by atomic mass is 10.3. The zero-order valence-corrected chi connectivity index (χ0v) is 11.8. The maximum atomic E-state index is 5.24. The van der Waals surface area contributed by atoms with Crippen molar-refractivity contribution in [3.63, 3.8) is 0 Å². The SMILES string of the molecule is CCn1c(CNCCOC)nc2cc(OC)ccc21. The van der Waals surface area contributed by atoms with Gasteiger partial charge in [-0.05, 0) is 19.1 Å². The lowest BCUT2D eigenvalue weighted by Crippen LogP contribution is -2.21. The Morgan fingerprint density at radius 3 is 2.84 bits per heavy atom. The highest BCUT2D eigenvalue weighted by molar-refractivity contribution is 5.77. The van der Waals surface area contributed by atoms with Gasteiger partial charge in [0.2, 0.25) is 0 Å². The number of rotatable bonds is 7. The third-order valence-electron chi connectivity index (χ3n) is 3.12.